The van der Waals surface area contributed by atoms with Crippen molar-refractivity contribution in [2.75, 3.05) is 20.7 Å². The lowest BCUT2D eigenvalue weighted by molar-refractivity contribution is -0.0610. The van der Waals surface area contributed by atoms with E-state index in [0.717, 1.165) is 18.2 Å². The fourth-order valence-electron chi connectivity index (χ4n) is 3.28. The number of hydrogen-bond donors (Lipinski definition) is 1. The maximum absolute atomic E-state index is 6.49. The molecule has 2 rings (SSSR count). The molecule has 0 heterocycles. The van der Waals surface area contributed by atoms with Crippen LogP contribution in [0.4, 0.5) is 0 Å². The van der Waals surface area contributed by atoms with E-state index in [1.165, 1.54) is 37.7 Å². The summed E-state index contributed by atoms with van der Waals surface area (Å²) in [6.45, 7) is 3.13. The Bertz CT molecular complexity index is 404. The maximum atomic E-state index is 6.49. The number of nitrogens with one attached hydrogen (secondary N) is 1. The van der Waals surface area contributed by atoms with Gasteiger partial charge >= 0.3 is 0 Å². The van der Waals surface area contributed by atoms with Crippen LogP contribution >= 0.6 is 0 Å². The molecule has 1 saturated carbocycles. The van der Waals surface area contributed by atoms with Crippen LogP contribution in [0, 0.1) is 5.92 Å². The largest absolute Gasteiger partial charge is 0.497 e. The highest BCUT2D eigenvalue weighted by Gasteiger charge is 2.27. The van der Waals surface area contributed by atoms with Crippen molar-refractivity contribution in [1.82, 2.24) is 5.32 Å². The Morgan fingerprint density at radius 3 is 2.52 bits per heavy atom. The van der Waals surface area contributed by atoms with Crippen molar-refractivity contribution in [3.05, 3.63) is 29.8 Å². The minimum absolute atomic E-state index is 0.123. The first kappa shape index (κ1) is 16.3. The number of ether oxygens (including phenoxy) is 2. The van der Waals surface area contributed by atoms with Crippen LogP contribution in [0.25, 0.3) is 0 Å². The summed E-state index contributed by atoms with van der Waals surface area (Å²) in [5, 5.41) is 3.26. The van der Waals surface area contributed by atoms with Crippen LogP contribution < -0.4 is 10.1 Å². The van der Waals surface area contributed by atoms with Crippen LogP contribution in [-0.2, 0) is 4.74 Å². The lowest BCUT2D eigenvalue weighted by Crippen LogP contribution is -2.31. The summed E-state index contributed by atoms with van der Waals surface area (Å²) in [6, 6.07) is 8.26. The van der Waals surface area contributed by atoms with Crippen LogP contribution in [0.3, 0.4) is 0 Å². The van der Waals surface area contributed by atoms with Gasteiger partial charge in [-0.25, -0.2) is 0 Å². The number of methoxy groups -OCH3 is 1. The summed E-state index contributed by atoms with van der Waals surface area (Å²) in [7, 11) is 3.68. The Kier molecular flexibility index (Phi) is 6.52. The van der Waals surface area contributed by atoms with Crippen LogP contribution in [0.2, 0.25) is 0 Å². The molecule has 3 atom stereocenters. The number of rotatable bonds is 7. The summed E-state index contributed by atoms with van der Waals surface area (Å²) in [5.74, 6) is 1.61. The first-order chi connectivity index (χ1) is 10.3. The van der Waals surface area contributed by atoms with E-state index in [1.54, 1.807) is 7.11 Å². The van der Waals surface area contributed by atoms with Gasteiger partial charge in [0, 0.05) is 6.54 Å². The predicted octanol–water partition coefficient (Wildman–Crippen LogP) is 3.94. The van der Waals surface area contributed by atoms with Gasteiger partial charge < -0.3 is 14.8 Å². The van der Waals surface area contributed by atoms with Crippen molar-refractivity contribution in [3.63, 3.8) is 0 Å². The van der Waals surface area contributed by atoms with Crippen LogP contribution in [0.5, 0.6) is 5.75 Å². The van der Waals surface area contributed by atoms with E-state index in [2.05, 4.69) is 24.4 Å². The Balaban J connectivity index is 2.06. The Labute approximate surface area is 129 Å². The minimum atomic E-state index is 0.123. The molecule has 0 saturated heterocycles. The second-order valence-corrected chi connectivity index (χ2v) is 5.95. The van der Waals surface area contributed by atoms with Crippen LogP contribution in [0.15, 0.2) is 24.3 Å². The summed E-state index contributed by atoms with van der Waals surface area (Å²) < 4.78 is 11.7. The second kappa shape index (κ2) is 8.40. The Morgan fingerprint density at radius 1 is 1.19 bits per heavy atom. The Morgan fingerprint density at radius 2 is 1.90 bits per heavy atom. The second-order valence-electron chi connectivity index (χ2n) is 5.95. The average Bonchev–Trinajstić information content (AvgIpc) is 2.55. The van der Waals surface area contributed by atoms with Gasteiger partial charge in [0.15, 0.2) is 0 Å². The van der Waals surface area contributed by atoms with E-state index in [4.69, 9.17) is 9.47 Å². The predicted molar refractivity (Wildman–Crippen MR) is 86.8 cm³/mol. The molecule has 1 fully saturated rings. The molecule has 0 spiro atoms. The molecule has 0 aliphatic heterocycles. The molecule has 0 bridgehead atoms. The fraction of sp³-hybridized carbons (Fsp3) is 0.667. The van der Waals surface area contributed by atoms with Gasteiger partial charge in [0.25, 0.3) is 0 Å². The van der Waals surface area contributed by atoms with Gasteiger partial charge in [-0.3, -0.25) is 0 Å². The highest BCUT2D eigenvalue weighted by molar-refractivity contribution is 5.28. The van der Waals surface area contributed by atoms with Crippen molar-refractivity contribution in [2.45, 2.75) is 51.2 Å². The molecule has 3 unspecified atom stereocenters. The van der Waals surface area contributed by atoms with Gasteiger partial charge in [0.2, 0.25) is 0 Å². The smallest absolute Gasteiger partial charge is 0.118 e. The summed E-state index contributed by atoms with van der Waals surface area (Å²) in [5.41, 5.74) is 1.23. The number of benzene rings is 1. The summed E-state index contributed by atoms with van der Waals surface area (Å²) >= 11 is 0. The average molecular weight is 291 g/mol. The molecule has 0 amide bonds. The minimum Gasteiger partial charge on any atom is -0.497 e. The molecule has 3 nitrogen and oxygen atoms in total. The summed E-state index contributed by atoms with van der Waals surface area (Å²) in [6.07, 6.45) is 6.93. The SMILES string of the molecule is CCC1CCCCC1OC(CNC)c1ccc(OC)cc1. The third-order valence-electron chi connectivity index (χ3n) is 4.58. The van der Waals surface area contributed by atoms with E-state index in [0.29, 0.717) is 6.10 Å². The third kappa shape index (κ3) is 4.45. The molecule has 0 aromatic heterocycles. The normalized spacial score (nSPS) is 23.8. The van der Waals surface area contributed by atoms with Gasteiger partial charge in [-0.1, -0.05) is 38.3 Å². The highest BCUT2D eigenvalue weighted by atomic mass is 16.5. The first-order valence-electron chi connectivity index (χ1n) is 8.22. The lowest BCUT2D eigenvalue weighted by atomic mass is 9.84. The van der Waals surface area contributed by atoms with Crippen molar-refractivity contribution in [3.8, 4) is 5.75 Å². The topological polar surface area (TPSA) is 30.5 Å². The van der Waals surface area contributed by atoms with Gasteiger partial charge in [-0.15, -0.1) is 0 Å². The number of hydrogen-bond acceptors (Lipinski definition) is 3. The Hall–Kier alpha value is -1.06. The molecular weight excluding hydrogens is 262 g/mol. The van der Waals surface area contributed by atoms with E-state index >= 15 is 0 Å². The van der Waals surface area contributed by atoms with E-state index in [9.17, 15) is 0 Å². The molecule has 118 valence electrons. The van der Waals surface area contributed by atoms with E-state index < -0.39 is 0 Å². The monoisotopic (exact) mass is 291 g/mol. The quantitative estimate of drug-likeness (QED) is 0.825. The lowest BCUT2D eigenvalue weighted by Gasteiger charge is -2.34. The van der Waals surface area contributed by atoms with Crippen molar-refractivity contribution in [1.29, 1.82) is 0 Å². The van der Waals surface area contributed by atoms with Gasteiger partial charge in [0.05, 0.1) is 19.3 Å². The molecule has 3 heteroatoms. The molecule has 1 aromatic rings. The molecule has 21 heavy (non-hydrogen) atoms. The van der Waals surface area contributed by atoms with E-state index in [-0.39, 0.29) is 6.10 Å². The molecule has 1 aromatic carbocycles. The molecule has 0 radical (unpaired) electrons. The molecular formula is C18H29NO2. The first-order valence-corrected chi connectivity index (χ1v) is 8.22. The highest BCUT2D eigenvalue weighted by Crippen LogP contribution is 2.33. The zero-order valence-electron chi connectivity index (χ0n) is 13.6. The third-order valence-corrected chi connectivity index (χ3v) is 4.58. The van der Waals surface area contributed by atoms with Crippen molar-refractivity contribution in [2.24, 2.45) is 5.92 Å². The standard InChI is InChI=1S/C18H29NO2/c1-4-14-7-5-6-8-17(14)21-18(13-19-2)15-9-11-16(20-3)12-10-15/h9-12,14,17-19H,4-8,13H2,1-3H3. The molecule has 1 N–H and O–H groups in total. The van der Waals surface area contributed by atoms with Gasteiger partial charge in [0.1, 0.15) is 5.75 Å². The maximum Gasteiger partial charge on any atom is 0.118 e. The molecule has 1 aliphatic carbocycles. The fourth-order valence-corrected chi connectivity index (χ4v) is 3.28. The van der Waals surface area contributed by atoms with Crippen LogP contribution in [-0.4, -0.2) is 26.8 Å². The van der Waals surface area contributed by atoms with Gasteiger partial charge in [-0.2, -0.15) is 0 Å². The molecule has 1 aliphatic rings. The van der Waals surface area contributed by atoms with Crippen LogP contribution in [0.1, 0.15) is 50.7 Å². The summed E-state index contributed by atoms with van der Waals surface area (Å²) in [4.78, 5) is 0. The zero-order chi connectivity index (χ0) is 15.1. The zero-order valence-corrected chi connectivity index (χ0v) is 13.6. The number of likely N-dealkylation sites (N-methyl/N-ethyl adjacent to an activating group) is 1. The van der Waals surface area contributed by atoms with Crippen molar-refractivity contribution >= 4 is 0 Å². The van der Waals surface area contributed by atoms with E-state index in [1.807, 2.05) is 19.2 Å². The van der Waals surface area contributed by atoms with Gasteiger partial charge in [-0.05, 0) is 43.5 Å². The van der Waals surface area contributed by atoms with Crippen molar-refractivity contribution < 1.29 is 9.47 Å².